The topological polar surface area (TPSA) is 50.3 Å². The molecule has 0 saturated carbocycles. The molecule has 0 N–H and O–H groups in total. The van der Waals surface area contributed by atoms with Crippen LogP contribution >= 0.6 is 11.6 Å². The van der Waals surface area contributed by atoms with Crippen LogP contribution in [0.4, 0.5) is 0 Å². The molecule has 1 aliphatic rings. The minimum atomic E-state index is -3.52. The van der Waals surface area contributed by atoms with Gasteiger partial charge in [0.2, 0.25) is 10.0 Å². The van der Waals surface area contributed by atoms with Gasteiger partial charge in [0.15, 0.2) is 0 Å². The van der Waals surface area contributed by atoms with E-state index in [9.17, 15) is 8.42 Å². The third kappa shape index (κ3) is 2.68. The average molecular weight is 289 g/mol. The number of hydrogen-bond donors (Lipinski definition) is 0. The first-order valence-electron chi connectivity index (χ1n) is 6.01. The lowest BCUT2D eigenvalue weighted by Crippen LogP contribution is -2.42. The van der Waals surface area contributed by atoms with Gasteiger partial charge in [0.1, 0.15) is 4.90 Å². The second kappa shape index (κ2) is 5.15. The second-order valence-electron chi connectivity index (χ2n) is 5.07. The van der Waals surface area contributed by atoms with E-state index >= 15 is 0 Å². The minimum Gasteiger partial charge on any atom is -0.263 e. The fourth-order valence-electron chi connectivity index (χ4n) is 2.49. The van der Waals surface area contributed by atoms with E-state index in [1.807, 2.05) is 0 Å². The molecule has 18 heavy (non-hydrogen) atoms. The Bertz CT molecular complexity index is 523. The van der Waals surface area contributed by atoms with Crippen molar-refractivity contribution in [3.8, 4) is 0 Å². The monoisotopic (exact) mass is 288 g/mol. The normalized spacial score (nSPS) is 26.2. The van der Waals surface area contributed by atoms with Crippen LogP contribution in [-0.4, -0.2) is 30.8 Å². The predicted octanol–water partition coefficient (Wildman–Crippen LogP) is 2.40. The van der Waals surface area contributed by atoms with E-state index in [2.05, 4.69) is 18.8 Å². The molecule has 6 heteroatoms. The molecule has 4 nitrogen and oxygen atoms in total. The maximum absolute atomic E-state index is 12.5. The fraction of sp³-hybridized carbons (Fsp3) is 0.583. The first kappa shape index (κ1) is 13.8. The van der Waals surface area contributed by atoms with E-state index in [0.29, 0.717) is 24.9 Å². The summed E-state index contributed by atoms with van der Waals surface area (Å²) in [5.41, 5.74) is 0. The minimum absolute atomic E-state index is 0.105. The van der Waals surface area contributed by atoms with Gasteiger partial charge >= 0.3 is 0 Å². The molecule has 1 aliphatic heterocycles. The largest absolute Gasteiger partial charge is 0.263 e. The van der Waals surface area contributed by atoms with Gasteiger partial charge in [0.05, 0.1) is 5.02 Å². The van der Waals surface area contributed by atoms with Crippen molar-refractivity contribution in [2.75, 3.05) is 13.1 Å². The number of aromatic nitrogens is 1. The van der Waals surface area contributed by atoms with Crippen LogP contribution in [-0.2, 0) is 10.0 Å². The Morgan fingerprint density at radius 2 is 1.94 bits per heavy atom. The van der Waals surface area contributed by atoms with Gasteiger partial charge in [-0.3, -0.25) is 4.98 Å². The van der Waals surface area contributed by atoms with Crippen molar-refractivity contribution in [3.05, 3.63) is 23.5 Å². The molecule has 1 aromatic rings. The Labute approximate surface area is 113 Å². The van der Waals surface area contributed by atoms with E-state index in [-0.39, 0.29) is 9.92 Å². The molecule has 100 valence electrons. The van der Waals surface area contributed by atoms with Crippen LogP contribution in [0.15, 0.2) is 23.4 Å². The number of nitrogens with zero attached hydrogens (tertiary/aromatic N) is 2. The van der Waals surface area contributed by atoms with Crippen molar-refractivity contribution in [2.24, 2.45) is 11.8 Å². The van der Waals surface area contributed by atoms with Gasteiger partial charge in [-0.2, -0.15) is 4.31 Å². The highest BCUT2D eigenvalue weighted by molar-refractivity contribution is 7.89. The maximum atomic E-state index is 12.5. The number of pyridine rings is 1. The van der Waals surface area contributed by atoms with Crippen LogP contribution in [0.3, 0.4) is 0 Å². The molecular formula is C12H17ClN2O2S. The van der Waals surface area contributed by atoms with Gasteiger partial charge in [-0.05, 0) is 24.3 Å². The molecule has 1 aromatic heterocycles. The van der Waals surface area contributed by atoms with Crippen LogP contribution in [0.25, 0.3) is 0 Å². The number of halogens is 1. The molecule has 0 aromatic carbocycles. The number of hydrogen-bond acceptors (Lipinski definition) is 3. The molecular weight excluding hydrogens is 272 g/mol. The Hall–Kier alpha value is -0.650. The molecule has 2 rings (SSSR count). The molecule has 2 atom stereocenters. The lowest BCUT2D eigenvalue weighted by atomic mass is 9.94. The van der Waals surface area contributed by atoms with Gasteiger partial charge in [0.25, 0.3) is 0 Å². The zero-order chi connectivity index (χ0) is 13.3. The van der Waals surface area contributed by atoms with Gasteiger partial charge in [-0.25, -0.2) is 8.42 Å². The zero-order valence-corrected chi connectivity index (χ0v) is 12.1. The van der Waals surface area contributed by atoms with E-state index in [4.69, 9.17) is 11.6 Å². The van der Waals surface area contributed by atoms with Crippen molar-refractivity contribution in [1.82, 2.24) is 9.29 Å². The average Bonchev–Trinajstić information content (AvgIpc) is 2.28. The molecule has 2 heterocycles. The number of sulfonamides is 1. The SMILES string of the molecule is CC1CC(C)CN(S(=O)(=O)c2cnccc2Cl)C1. The summed E-state index contributed by atoms with van der Waals surface area (Å²) in [4.78, 5) is 3.96. The highest BCUT2D eigenvalue weighted by atomic mass is 35.5. The standard InChI is InChI=1S/C12H17ClN2O2S/c1-9-5-10(2)8-15(7-9)18(16,17)12-6-14-4-3-11(12)13/h3-4,6,9-10H,5,7-8H2,1-2H3. The summed E-state index contributed by atoms with van der Waals surface area (Å²) in [5, 5.41) is 0.232. The highest BCUT2D eigenvalue weighted by Gasteiger charge is 2.32. The summed E-state index contributed by atoms with van der Waals surface area (Å²) in [6, 6.07) is 1.51. The van der Waals surface area contributed by atoms with Crippen LogP contribution in [0.1, 0.15) is 20.3 Å². The molecule has 0 amide bonds. The van der Waals surface area contributed by atoms with Gasteiger partial charge in [0, 0.05) is 25.5 Å². The van der Waals surface area contributed by atoms with Crippen molar-refractivity contribution in [2.45, 2.75) is 25.2 Å². The summed E-state index contributed by atoms with van der Waals surface area (Å²) in [6.07, 6.45) is 3.87. The Balaban J connectivity index is 2.34. The predicted molar refractivity (Wildman–Crippen MR) is 71.0 cm³/mol. The summed E-state index contributed by atoms with van der Waals surface area (Å²) in [5.74, 6) is 0.748. The number of piperidine rings is 1. The molecule has 0 radical (unpaired) electrons. The summed E-state index contributed by atoms with van der Waals surface area (Å²) in [7, 11) is -3.52. The molecule has 0 bridgehead atoms. The molecule has 0 spiro atoms. The second-order valence-corrected chi connectivity index (χ2v) is 7.39. The summed E-state index contributed by atoms with van der Waals surface area (Å²) < 4.78 is 26.5. The Morgan fingerprint density at radius 3 is 2.50 bits per heavy atom. The Kier molecular flexibility index (Phi) is 3.94. The first-order valence-corrected chi connectivity index (χ1v) is 7.82. The fourth-order valence-corrected chi connectivity index (χ4v) is 4.58. The third-order valence-electron chi connectivity index (χ3n) is 3.19. The van der Waals surface area contributed by atoms with Gasteiger partial charge in [-0.1, -0.05) is 25.4 Å². The van der Waals surface area contributed by atoms with Crippen molar-refractivity contribution in [1.29, 1.82) is 0 Å². The summed E-state index contributed by atoms with van der Waals surface area (Å²) >= 11 is 5.95. The van der Waals surface area contributed by atoms with Gasteiger partial charge < -0.3 is 0 Å². The molecule has 2 unspecified atom stereocenters. The van der Waals surface area contributed by atoms with E-state index in [1.165, 1.54) is 22.8 Å². The first-order chi connectivity index (χ1) is 8.41. The lowest BCUT2D eigenvalue weighted by Gasteiger charge is -2.34. The molecule has 0 aliphatic carbocycles. The smallest absolute Gasteiger partial charge is 0.246 e. The van der Waals surface area contributed by atoms with Crippen LogP contribution in [0, 0.1) is 11.8 Å². The quantitative estimate of drug-likeness (QED) is 0.840. The van der Waals surface area contributed by atoms with Crippen molar-refractivity contribution >= 4 is 21.6 Å². The van der Waals surface area contributed by atoms with Crippen molar-refractivity contribution in [3.63, 3.8) is 0 Å². The van der Waals surface area contributed by atoms with E-state index < -0.39 is 10.0 Å². The van der Waals surface area contributed by atoms with E-state index in [0.717, 1.165) is 6.42 Å². The highest BCUT2D eigenvalue weighted by Crippen LogP contribution is 2.29. The van der Waals surface area contributed by atoms with Crippen LogP contribution in [0.5, 0.6) is 0 Å². The maximum Gasteiger partial charge on any atom is 0.246 e. The van der Waals surface area contributed by atoms with E-state index in [1.54, 1.807) is 0 Å². The lowest BCUT2D eigenvalue weighted by molar-refractivity contribution is 0.222. The Morgan fingerprint density at radius 1 is 1.33 bits per heavy atom. The summed E-state index contributed by atoms with van der Waals surface area (Å²) in [6.45, 7) is 5.25. The molecule has 1 fully saturated rings. The molecule has 1 saturated heterocycles. The van der Waals surface area contributed by atoms with Crippen molar-refractivity contribution < 1.29 is 8.42 Å². The zero-order valence-electron chi connectivity index (χ0n) is 10.5. The van der Waals surface area contributed by atoms with Crippen LogP contribution < -0.4 is 0 Å². The third-order valence-corrected chi connectivity index (χ3v) is 5.49. The van der Waals surface area contributed by atoms with Gasteiger partial charge in [-0.15, -0.1) is 0 Å². The van der Waals surface area contributed by atoms with Crippen LogP contribution in [0.2, 0.25) is 5.02 Å². The number of rotatable bonds is 2.